The lowest BCUT2D eigenvalue weighted by Crippen LogP contribution is -2.57. The number of piperidine rings is 1. The lowest BCUT2D eigenvalue weighted by Gasteiger charge is -2.48. The van der Waals surface area contributed by atoms with Crippen molar-refractivity contribution < 1.29 is 14.6 Å². The van der Waals surface area contributed by atoms with Gasteiger partial charge in [0.15, 0.2) is 0 Å². The fourth-order valence-corrected chi connectivity index (χ4v) is 10.4. The van der Waals surface area contributed by atoms with E-state index >= 15 is 0 Å². The Bertz CT molecular complexity index is 523. The van der Waals surface area contributed by atoms with Crippen LogP contribution in [0.3, 0.4) is 0 Å². The van der Waals surface area contributed by atoms with E-state index in [9.17, 15) is 10.2 Å². The van der Waals surface area contributed by atoms with Crippen LogP contribution >= 0.6 is 0 Å². The lowest BCUT2D eigenvalue weighted by molar-refractivity contribution is 0.0303. The molecule has 3 unspecified atom stereocenters. The zero-order valence-electron chi connectivity index (χ0n) is 16.5. The van der Waals surface area contributed by atoms with Gasteiger partial charge in [-0.1, -0.05) is 53.7 Å². The molecule has 2 rings (SSSR count). The number of β-amino-alcohol motifs (C(OH)–C–C–N with tert-alkyl or cyclic N) is 1. The molecular formula is C20H35NO3Si. The van der Waals surface area contributed by atoms with Gasteiger partial charge >= 0.3 is 0 Å². The first-order chi connectivity index (χ1) is 11.7. The van der Waals surface area contributed by atoms with Gasteiger partial charge < -0.3 is 20.0 Å². The van der Waals surface area contributed by atoms with Crippen molar-refractivity contribution in [2.75, 3.05) is 13.1 Å². The third-order valence-corrected chi connectivity index (χ3v) is 12.0. The maximum atomic E-state index is 10.7. The number of benzene rings is 1. The Balaban J connectivity index is 2.37. The van der Waals surface area contributed by atoms with Crippen molar-refractivity contribution in [3.8, 4) is 5.75 Å². The number of phenolic OH excluding ortho intramolecular Hbond substituents is 1. The van der Waals surface area contributed by atoms with Crippen LogP contribution in [0.25, 0.3) is 0 Å². The Labute approximate surface area is 153 Å². The number of aromatic hydroxyl groups is 1. The maximum absolute atomic E-state index is 10.7. The van der Waals surface area contributed by atoms with E-state index in [1.807, 2.05) is 12.1 Å². The quantitative estimate of drug-likeness (QED) is 0.667. The zero-order chi connectivity index (χ0) is 18.8. The van der Waals surface area contributed by atoms with Gasteiger partial charge in [-0.05, 0) is 34.3 Å². The van der Waals surface area contributed by atoms with Gasteiger partial charge in [0.05, 0.1) is 12.2 Å². The van der Waals surface area contributed by atoms with E-state index in [2.05, 4.69) is 46.9 Å². The number of aliphatic hydroxyl groups excluding tert-OH is 1. The van der Waals surface area contributed by atoms with E-state index in [4.69, 9.17) is 4.43 Å². The van der Waals surface area contributed by atoms with Crippen molar-refractivity contribution in [1.82, 2.24) is 5.32 Å². The van der Waals surface area contributed by atoms with E-state index in [0.29, 0.717) is 23.2 Å². The van der Waals surface area contributed by atoms with Crippen LogP contribution in [0.5, 0.6) is 5.75 Å². The molecule has 1 saturated heterocycles. The molecule has 0 saturated carbocycles. The third-order valence-electron chi connectivity index (χ3n) is 5.85. The molecule has 0 aliphatic carbocycles. The van der Waals surface area contributed by atoms with Crippen LogP contribution in [-0.2, 0) is 4.43 Å². The average Bonchev–Trinajstić information content (AvgIpc) is 2.52. The summed E-state index contributed by atoms with van der Waals surface area (Å²) in [6, 6.07) is 7.21. The molecule has 1 aliphatic heterocycles. The molecule has 25 heavy (non-hydrogen) atoms. The minimum Gasteiger partial charge on any atom is -0.508 e. The summed E-state index contributed by atoms with van der Waals surface area (Å²) >= 11 is 0. The molecular weight excluding hydrogens is 330 g/mol. The van der Waals surface area contributed by atoms with Crippen LogP contribution in [-0.4, -0.2) is 43.8 Å². The van der Waals surface area contributed by atoms with Crippen LogP contribution < -0.4 is 5.32 Å². The largest absolute Gasteiger partial charge is 0.508 e. The predicted molar refractivity (Wildman–Crippen MR) is 106 cm³/mol. The molecule has 0 amide bonds. The molecule has 5 heteroatoms. The molecule has 1 aromatic rings. The molecule has 0 aromatic heterocycles. The number of hydrogen-bond acceptors (Lipinski definition) is 4. The highest BCUT2D eigenvalue weighted by Crippen LogP contribution is 2.45. The molecule has 1 heterocycles. The summed E-state index contributed by atoms with van der Waals surface area (Å²) < 4.78 is 6.98. The first kappa shape index (κ1) is 20.4. The first-order valence-corrected chi connectivity index (χ1v) is 11.7. The van der Waals surface area contributed by atoms with E-state index < -0.39 is 14.4 Å². The van der Waals surface area contributed by atoms with Crippen LogP contribution in [0.2, 0.25) is 16.6 Å². The van der Waals surface area contributed by atoms with E-state index in [-0.39, 0.29) is 17.8 Å². The lowest BCUT2D eigenvalue weighted by atomic mass is 9.85. The average molecular weight is 366 g/mol. The van der Waals surface area contributed by atoms with E-state index in [0.717, 1.165) is 12.1 Å². The Hall–Kier alpha value is -0.883. The summed E-state index contributed by atoms with van der Waals surface area (Å²) in [5.74, 6) is 0.185. The van der Waals surface area contributed by atoms with Crippen LogP contribution in [0.15, 0.2) is 24.3 Å². The molecule has 0 bridgehead atoms. The summed E-state index contributed by atoms with van der Waals surface area (Å²) in [6.07, 6.45) is -0.534. The van der Waals surface area contributed by atoms with Crippen LogP contribution in [0, 0.1) is 0 Å². The maximum Gasteiger partial charge on any atom is 0.200 e. The highest BCUT2D eigenvalue weighted by molar-refractivity contribution is 6.77. The molecule has 3 atom stereocenters. The van der Waals surface area contributed by atoms with Gasteiger partial charge in [0.25, 0.3) is 0 Å². The number of phenols is 1. The monoisotopic (exact) mass is 365 g/mol. The van der Waals surface area contributed by atoms with Crippen molar-refractivity contribution in [2.45, 2.75) is 76.3 Å². The minimum absolute atomic E-state index is 0.0489. The second-order valence-corrected chi connectivity index (χ2v) is 13.7. The van der Waals surface area contributed by atoms with Gasteiger partial charge in [-0.2, -0.15) is 0 Å². The summed E-state index contributed by atoms with van der Waals surface area (Å²) in [4.78, 5) is 0. The molecule has 142 valence electrons. The molecule has 4 nitrogen and oxygen atoms in total. The van der Waals surface area contributed by atoms with Crippen molar-refractivity contribution in [3.63, 3.8) is 0 Å². The van der Waals surface area contributed by atoms with Crippen molar-refractivity contribution in [3.05, 3.63) is 29.8 Å². The highest BCUT2D eigenvalue weighted by Gasteiger charge is 2.49. The summed E-state index contributed by atoms with van der Waals surface area (Å²) in [5.41, 5.74) is 2.56. The van der Waals surface area contributed by atoms with Crippen LogP contribution in [0.4, 0.5) is 0 Å². The molecule has 1 fully saturated rings. The van der Waals surface area contributed by atoms with Crippen molar-refractivity contribution >= 4 is 8.32 Å². The Morgan fingerprint density at radius 2 is 1.48 bits per heavy atom. The number of aliphatic hydroxyl groups is 1. The smallest absolute Gasteiger partial charge is 0.200 e. The zero-order valence-corrected chi connectivity index (χ0v) is 17.5. The fraction of sp³-hybridized carbons (Fsp3) is 0.700. The number of nitrogens with one attached hydrogen (secondary N) is 1. The first-order valence-electron chi connectivity index (χ1n) is 9.55. The van der Waals surface area contributed by atoms with Crippen molar-refractivity contribution in [2.24, 2.45) is 0 Å². The van der Waals surface area contributed by atoms with Gasteiger partial charge in [-0.25, -0.2) is 0 Å². The third kappa shape index (κ3) is 4.10. The van der Waals surface area contributed by atoms with E-state index in [1.54, 1.807) is 12.1 Å². The van der Waals surface area contributed by atoms with Gasteiger partial charge in [-0.3, -0.25) is 0 Å². The van der Waals surface area contributed by atoms with Gasteiger partial charge in [0, 0.05) is 19.0 Å². The standard InChI is InChI=1S/C20H35NO3Si/c1-13(2)25(14(3)4,15(5)6)24-19-12-21-11-18(23)20(19)16-7-9-17(22)10-8-16/h7-10,13-15,18-23H,11-12H2,1-6H3. The van der Waals surface area contributed by atoms with Crippen molar-refractivity contribution in [1.29, 1.82) is 0 Å². The second kappa shape index (κ2) is 8.21. The Kier molecular flexibility index (Phi) is 6.71. The molecule has 0 spiro atoms. The molecule has 0 radical (unpaired) electrons. The number of rotatable bonds is 6. The predicted octanol–water partition coefficient (Wildman–Crippen LogP) is 4.00. The summed E-state index contributed by atoms with van der Waals surface area (Å²) in [7, 11) is -2.03. The fourth-order valence-electron chi connectivity index (χ4n) is 4.79. The van der Waals surface area contributed by atoms with E-state index in [1.165, 1.54) is 0 Å². The highest BCUT2D eigenvalue weighted by atomic mass is 28.4. The second-order valence-electron chi connectivity index (χ2n) is 8.32. The molecule has 1 aromatic carbocycles. The SMILES string of the molecule is CC(C)[Si](OC1CNCC(O)C1c1ccc(O)cc1)(C(C)C)C(C)C. The van der Waals surface area contributed by atoms with Gasteiger partial charge in [0.2, 0.25) is 8.32 Å². The van der Waals surface area contributed by atoms with Crippen LogP contribution in [0.1, 0.15) is 53.0 Å². The minimum atomic E-state index is -2.03. The Morgan fingerprint density at radius 1 is 0.960 bits per heavy atom. The summed E-state index contributed by atoms with van der Waals surface area (Å²) in [5, 5.41) is 23.6. The number of hydrogen-bond donors (Lipinski definition) is 3. The summed E-state index contributed by atoms with van der Waals surface area (Å²) in [6.45, 7) is 15.0. The molecule has 1 aliphatic rings. The molecule has 3 N–H and O–H groups in total. The Morgan fingerprint density at radius 3 is 1.96 bits per heavy atom. The topological polar surface area (TPSA) is 61.7 Å². The van der Waals surface area contributed by atoms with Gasteiger partial charge in [0.1, 0.15) is 5.75 Å². The van der Waals surface area contributed by atoms with Gasteiger partial charge in [-0.15, -0.1) is 0 Å². The normalized spacial score (nSPS) is 25.1.